The average molecular weight is 175 g/mol. The van der Waals surface area contributed by atoms with Crippen LogP contribution in [-0.4, -0.2) is 11.7 Å². The van der Waals surface area contributed by atoms with Crippen molar-refractivity contribution >= 4 is 11.8 Å². The SMILES string of the molecule is [N-]=[N+]=Nc1ccccc1C=CCO. The fourth-order valence-corrected chi connectivity index (χ4v) is 0.947. The highest BCUT2D eigenvalue weighted by Crippen LogP contribution is 2.19. The van der Waals surface area contributed by atoms with Crippen LogP contribution in [0.15, 0.2) is 35.5 Å². The Balaban J connectivity index is 3.04. The maximum atomic E-state index is 8.56. The number of rotatable bonds is 3. The van der Waals surface area contributed by atoms with Gasteiger partial charge in [-0.15, -0.1) is 0 Å². The number of hydrogen-bond donors (Lipinski definition) is 1. The van der Waals surface area contributed by atoms with Gasteiger partial charge in [0.05, 0.1) is 6.61 Å². The van der Waals surface area contributed by atoms with E-state index in [4.69, 9.17) is 10.6 Å². The van der Waals surface area contributed by atoms with Crippen molar-refractivity contribution in [1.82, 2.24) is 0 Å². The Hall–Kier alpha value is -1.77. The molecule has 0 amide bonds. The molecule has 0 saturated carbocycles. The van der Waals surface area contributed by atoms with Gasteiger partial charge in [0.2, 0.25) is 0 Å². The molecule has 1 rings (SSSR count). The lowest BCUT2D eigenvalue weighted by Gasteiger charge is -1.96. The first-order valence-corrected chi connectivity index (χ1v) is 3.80. The van der Waals surface area contributed by atoms with Crippen LogP contribution in [0.5, 0.6) is 0 Å². The molecular weight excluding hydrogens is 166 g/mol. The Kier molecular flexibility index (Phi) is 3.57. The summed E-state index contributed by atoms with van der Waals surface area (Å²) in [5.41, 5.74) is 9.62. The summed E-state index contributed by atoms with van der Waals surface area (Å²) in [6.45, 7) is -0.0232. The molecule has 0 aliphatic heterocycles. The summed E-state index contributed by atoms with van der Waals surface area (Å²) in [4.78, 5) is 2.70. The van der Waals surface area contributed by atoms with Crippen LogP contribution >= 0.6 is 0 Å². The summed E-state index contributed by atoms with van der Waals surface area (Å²) < 4.78 is 0. The van der Waals surface area contributed by atoms with E-state index < -0.39 is 0 Å². The van der Waals surface area contributed by atoms with Crippen molar-refractivity contribution in [2.24, 2.45) is 5.11 Å². The van der Waals surface area contributed by atoms with Gasteiger partial charge in [0.15, 0.2) is 0 Å². The molecule has 0 unspecified atom stereocenters. The van der Waals surface area contributed by atoms with Crippen molar-refractivity contribution in [3.05, 3.63) is 46.3 Å². The Labute approximate surface area is 75.8 Å². The summed E-state index contributed by atoms with van der Waals surface area (Å²) >= 11 is 0. The van der Waals surface area contributed by atoms with E-state index in [1.807, 2.05) is 12.1 Å². The third-order valence-corrected chi connectivity index (χ3v) is 1.49. The molecule has 0 aromatic heterocycles. The second-order valence-electron chi connectivity index (χ2n) is 2.33. The summed E-state index contributed by atoms with van der Waals surface area (Å²) in [6, 6.07) is 7.17. The van der Waals surface area contributed by atoms with Crippen molar-refractivity contribution in [1.29, 1.82) is 0 Å². The van der Waals surface area contributed by atoms with Crippen LogP contribution in [0.25, 0.3) is 16.5 Å². The molecule has 13 heavy (non-hydrogen) atoms. The van der Waals surface area contributed by atoms with Gasteiger partial charge in [0.25, 0.3) is 0 Å². The smallest absolute Gasteiger partial charge is 0.0615 e. The number of nitrogens with zero attached hydrogens (tertiary/aromatic N) is 3. The van der Waals surface area contributed by atoms with E-state index in [1.165, 1.54) is 0 Å². The van der Waals surface area contributed by atoms with Crippen LogP contribution in [0.4, 0.5) is 5.69 Å². The minimum atomic E-state index is -0.0232. The molecule has 1 aromatic carbocycles. The Bertz CT molecular complexity index is 354. The first kappa shape index (κ1) is 9.32. The number of azide groups is 1. The molecule has 0 atom stereocenters. The van der Waals surface area contributed by atoms with Crippen molar-refractivity contribution in [3.8, 4) is 0 Å². The summed E-state index contributed by atoms with van der Waals surface area (Å²) in [5.74, 6) is 0. The predicted molar refractivity (Wildman–Crippen MR) is 51.4 cm³/mol. The number of hydrogen-bond acceptors (Lipinski definition) is 2. The van der Waals surface area contributed by atoms with E-state index in [-0.39, 0.29) is 6.61 Å². The molecular formula is C9H9N3O. The van der Waals surface area contributed by atoms with Gasteiger partial charge in [-0.2, -0.15) is 0 Å². The molecule has 0 aliphatic rings. The third kappa shape index (κ3) is 2.63. The third-order valence-electron chi connectivity index (χ3n) is 1.49. The first-order chi connectivity index (χ1) is 6.38. The zero-order chi connectivity index (χ0) is 9.52. The average Bonchev–Trinajstić information content (AvgIpc) is 2.17. The van der Waals surface area contributed by atoms with Crippen molar-refractivity contribution in [2.45, 2.75) is 0 Å². The quantitative estimate of drug-likeness (QED) is 0.428. The highest BCUT2D eigenvalue weighted by Gasteiger charge is 1.93. The molecule has 0 heterocycles. The lowest BCUT2D eigenvalue weighted by atomic mass is 10.2. The van der Waals surface area contributed by atoms with Gasteiger partial charge < -0.3 is 5.11 Å². The van der Waals surface area contributed by atoms with Crippen LogP contribution in [-0.2, 0) is 0 Å². The summed E-state index contributed by atoms with van der Waals surface area (Å²) in [6.07, 6.45) is 3.30. The molecule has 66 valence electrons. The topological polar surface area (TPSA) is 69.0 Å². The molecule has 0 radical (unpaired) electrons. The number of aliphatic hydroxyl groups excluding tert-OH is 1. The highest BCUT2D eigenvalue weighted by molar-refractivity contribution is 5.63. The van der Waals surface area contributed by atoms with Gasteiger partial charge in [0, 0.05) is 10.6 Å². The molecule has 0 aliphatic carbocycles. The zero-order valence-electron chi connectivity index (χ0n) is 6.96. The minimum absolute atomic E-state index is 0.0232. The molecule has 0 bridgehead atoms. The van der Waals surface area contributed by atoms with E-state index in [1.54, 1.807) is 24.3 Å². The standard InChI is InChI=1S/C9H9N3O/c10-12-11-9-6-2-1-4-8(9)5-3-7-13/h1-6,13H,7H2. The lowest BCUT2D eigenvalue weighted by Crippen LogP contribution is -1.74. The fraction of sp³-hybridized carbons (Fsp3) is 0.111. The van der Waals surface area contributed by atoms with Crippen molar-refractivity contribution < 1.29 is 5.11 Å². The second-order valence-corrected chi connectivity index (χ2v) is 2.33. The molecule has 1 aromatic rings. The van der Waals surface area contributed by atoms with E-state index in [9.17, 15) is 0 Å². The van der Waals surface area contributed by atoms with Gasteiger partial charge in [0.1, 0.15) is 0 Å². The fourth-order valence-electron chi connectivity index (χ4n) is 0.947. The molecule has 4 heteroatoms. The van der Waals surface area contributed by atoms with Crippen LogP contribution in [0.2, 0.25) is 0 Å². The van der Waals surface area contributed by atoms with Gasteiger partial charge in [-0.25, -0.2) is 0 Å². The summed E-state index contributed by atoms with van der Waals surface area (Å²) in [5, 5.41) is 12.1. The maximum Gasteiger partial charge on any atom is 0.0615 e. The van der Waals surface area contributed by atoms with Gasteiger partial charge in [-0.05, 0) is 11.1 Å². The Morgan fingerprint density at radius 1 is 1.46 bits per heavy atom. The Morgan fingerprint density at radius 3 is 2.92 bits per heavy atom. The monoisotopic (exact) mass is 175 g/mol. The van der Waals surface area contributed by atoms with Crippen LogP contribution in [0.3, 0.4) is 0 Å². The van der Waals surface area contributed by atoms with E-state index in [0.29, 0.717) is 5.69 Å². The van der Waals surface area contributed by atoms with Gasteiger partial charge in [-0.1, -0.05) is 41.5 Å². The molecule has 4 nitrogen and oxygen atoms in total. The number of aliphatic hydroxyl groups is 1. The highest BCUT2D eigenvalue weighted by atomic mass is 16.2. The van der Waals surface area contributed by atoms with Gasteiger partial charge >= 0.3 is 0 Å². The van der Waals surface area contributed by atoms with Crippen LogP contribution < -0.4 is 0 Å². The van der Waals surface area contributed by atoms with E-state index in [0.717, 1.165) is 5.56 Å². The Morgan fingerprint density at radius 2 is 2.23 bits per heavy atom. The molecule has 1 N–H and O–H groups in total. The first-order valence-electron chi connectivity index (χ1n) is 3.80. The largest absolute Gasteiger partial charge is 0.392 e. The van der Waals surface area contributed by atoms with Crippen LogP contribution in [0.1, 0.15) is 5.56 Å². The maximum absolute atomic E-state index is 8.56. The molecule has 0 saturated heterocycles. The number of benzene rings is 1. The van der Waals surface area contributed by atoms with Gasteiger partial charge in [-0.3, -0.25) is 0 Å². The lowest BCUT2D eigenvalue weighted by molar-refractivity contribution is 0.343. The molecule has 0 fully saturated rings. The van der Waals surface area contributed by atoms with E-state index >= 15 is 0 Å². The zero-order valence-corrected chi connectivity index (χ0v) is 6.96. The van der Waals surface area contributed by atoms with E-state index in [2.05, 4.69) is 10.0 Å². The van der Waals surface area contributed by atoms with Crippen LogP contribution in [0, 0.1) is 0 Å². The second kappa shape index (κ2) is 4.98. The predicted octanol–water partition coefficient (Wildman–Crippen LogP) is 2.63. The normalized spacial score (nSPS) is 9.92. The van der Waals surface area contributed by atoms with Crippen molar-refractivity contribution in [3.63, 3.8) is 0 Å². The molecule has 0 spiro atoms. The van der Waals surface area contributed by atoms with Crippen molar-refractivity contribution in [2.75, 3.05) is 6.61 Å². The summed E-state index contributed by atoms with van der Waals surface area (Å²) in [7, 11) is 0. The minimum Gasteiger partial charge on any atom is -0.392 e.